The van der Waals surface area contributed by atoms with Crippen molar-refractivity contribution in [3.8, 4) is 0 Å². The Morgan fingerprint density at radius 1 is 1.29 bits per heavy atom. The van der Waals surface area contributed by atoms with Crippen molar-refractivity contribution in [2.75, 3.05) is 20.2 Å². The van der Waals surface area contributed by atoms with E-state index >= 15 is 0 Å². The van der Waals surface area contributed by atoms with Gasteiger partial charge in [0.2, 0.25) is 5.91 Å². The highest BCUT2D eigenvalue weighted by Gasteiger charge is 2.25. The van der Waals surface area contributed by atoms with E-state index in [1.54, 1.807) is 0 Å². The second-order valence-electron chi connectivity index (χ2n) is 5.33. The summed E-state index contributed by atoms with van der Waals surface area (Å²) in [7, 11) is 1.33. The van der Waals surface area contributed by atoms with E-state index in [1.165, 1.54) is 7.11 Å². The van der Waals surface area contributed by atoms with Gasteiger partial charge in [0.25, 0.3) is 0 Å². The summed E-state index contributed by atoms with van der Waals surface area (Å²) in [5.41, 5.74) is 0.739. The Bertz CT molecular complexity index is 470. The van der Waals surface area contributed by atoms with Crippen molar-refractivity contribution < 1.29 is 14.3 Å². The van der Waals surface area contributed by atoms with E-state index in [2.05, 4.69) is 10.6 Å². The molecule has 5 heteroatoms. The Balaban J connectivity index is 1.98. The van der Waals surface area contributed by atoms with Gasteiger partial charge in [-0.1, -0.05) is 30.3 Å². The molecular weight excluding hydrogens is 268 g/mol. The highest BCUT2D eigenvalue weighted by atomic mass is 16.5. The predicted molar refractivity (Wildman–Crippen MR) is 79.6 cm³/mol. The van der Waals surface area contributed by atoms with Crippen LogP contribution in [0.15, 0.2) is 30.3 Å². The van der Waals surface area contributed by atoms with Crippen molar-refractivity contribution in [3.63, 3.8) is 0 Å². The van der Waals surface area contributed by atoms with Gasteiger partial charge in [-0.25, -0.2) is 4.79 Å². The monoisotopic (exact) mass is 290 g/mol. The van der Waals surface area contributed by atoms with E-state index in [-0.39, 0.29) is 5.91 Å². The Hall–Kier alpha value is -1.88. The van der Waals surface area contributed by atoms with Gasteiger partial charge in [0.05, 0.1) is 7.11 Å². The van der Waals surface area contributed by atoms with Crippen LogP contribution < -0.4 is 10.6 Å². The summed E-state index contributed by atoms with van der Waals surface area (Å²) >= 11 is 0. The number of rotatable bonds is 5. The number of methoxy groups -OCH3 is 1. The number of nitrogens with one attached hydrogen (secondary N) is 2. The van der Waals surface area contributed by atoms with E-state index < -0.39 is 12.0 Å². The van der Waals surface area contributed by atoms with Crippen LogP contribution in [-0.4, -0.2) is 32.1 Å². The molecule has 21 heavy (non-hydrogen) atoms. The Kier molecular flexibility index (Phi) is 5.75. The summed E-state index contributed by atoms with van der Waals surface area (Å²) in [5, 5.41) is 6.07. The summed E-state index contributed by atoms with van der Waals surface area (Å²) in [6.45, 7) is 1.91. The van der Waals surface area contributed by atoms with Gasteiger partial charge in [-0.05, 0) is 37.4 Å². The lowest BCUT2D eigenvalue weighted by molar-refractivity contribution is -0.145. The molecule has 0 bridgehead atoms. The van der Waals surface area contributed by atoms with Crippen LogP contribution in [0.4, 0.5) is 0 Å². The highest BCUT2D eigenvalue weighted by molar-refractivity contribution is 5.85. The van der Waals surface area contributed by atoms with Gasteiger partial charge >= 0.3 is 5.97 Å². The molecule has 1 fully saturated rings. The van der Waals surface area contributed by atoms with Gasteiger partial charge in [-0.3, -0.25) is 4.79 Å². The molecule has 1 heterocycles. The van der Waals surface area contributed by atoms with Gasteiger partial charge in [-0.15, -0.1) is 0 Å². The van der Waals surface area contributed by atoms with E-state index in [9.17, 15) is 9.59 Å². The molecule has 1 saturated heterocycles. The Morgan fingerprint density at radius 3 is 2.57 bits per heavy atom. The molecule has 2 rings (SSSR count). The molecule has 1 unspecified atom stereocenters. The van der Waals surface area contributed by atoms with Gasteiger partial charge in [0.1, 0.15) is 0 Å². The Labute approximate surface area is 125 Å². The first kappa shape index (κ1) is 15.5. The molecule has 1 aromatic carbocycles. The maximum absolute atomic E-state index is 12.2. The molecule has 0 aliphatic carbocycles. The van der Waals surface area contributed by atoms with Gasteiger partial charge in [-0.2, -0.15) is 0 Å². The number of piperidine rings is 1. The topological polar surface area (TPSA) is 67.4 Å². The third kappa shape index (κ3) is 4.56. The minimum absolute atomic E-state index is 0.0962. The van der Waals surface area contributed by atoms with Crippen molar-refractivity contribution in [2.24, 2.45) is 5.92 Å². The summed E-state index contributed by atoms with van der Waals surface area (Å²) in [6.07, 6.45) is 2.46. The summed E-state index contributed by atoms with van der Waals surface area (Å²) in [5.74, 6) is -0.152. The summed E-state index contributed by atoms with van der Waals surface area (Å²) in [4.78, 5) is 24.1. The maximum atomic E-state index is 12.2. The number of carbonyl (C=O) groups is 2. The molecule has 1 aliphatic heterocycles. The minimum atomic E-state index is -0.731. The molecule has 0 radical (unpaired) electrons. The zero-order valence-electron chi connectivity index (χ0n) is 12.3. The van der Waals surface area contributed by atoms with Crippen LogP contribution in [0.1, 0.15) is 30.9 Å². The lowest BCUT2D eigenvalue weighted by Gasteiger charge is -2.23. The molecule has 0 aromatic heterocycles. The third-order valence-corrected chi connectivity index (χ3v) is 3.81. The molecule has 2 N–H and O–H groups in total. The van der Waals surface area contributed by atoms with Crippen molar-refractivity contribution in [1.82, 2.24) is 10.6 Å². The van der Waals surface area contributed by atoms with Crippen molar-refractivity contribution >= 4 is 11.9 Å². The first-order valence-corrected chi connectivity index (χ1v) is 7.33. The first-order valence-electron chi connectivity index (χ1n) is 7.33. The fourth-order valence-electron chi connectivity index (χ4n) is 2.61. The SMILES string of the molecule is COC(=O)C(NC(=O)CC1CCNCC1)c1ccccc1. The normalized spacial score (nSPS) is 17.0. The van der Waals surface area contributed by atoms with Crippen LogP contribution in [0.3, 0.4) is 0 Å². The average Bonchev–Trinajstić information content (AvgIpc) is 2.53. The smallest absolute Gasteiger partial charge is 0.333 e. The van der Waals surface area contributed by atoms with E-state index in [0.29, 0.717) is 12.3 Å². The van der Waals surface area contributed by atoms with Crippen molar-refractivity contribution in [3.05, 3.63) is 35.9 Å². The second-order valence-corrected chi connectivity index (χ2v) is 5.33. The number of carbonyl (C=O) groups excluding carboxylic acids is 2. The minimum Gasteiger partial charge on any atom is -0.467 e. The molecule has 1 aromatic rings. The Morgan fingerprint density at radius 2 is 1.95 bits per heavy atom. The number of esters is 1. The van der Waals surface area contributed by atoms with Crippen LogP contribution in [0.5, 0.6) is 0 Å². The number of benzene rings is 1. The standard InChI is InChI=1S/C16H22N2O3/c1-21-16(20)15(13-5-3-2-4-6-13)18-14(19)11-12-7-9-17-10-8-12/h2-6,12,15,17H,7-11H2,1H3,(H,18,19). The van der Waals surface area contributed by atoms with E-state index in [4.69, 9.17) is 4.74 Å². The summed E-state index contributed by atoms with van der Waals surface area (Å²) < 4.78 is 4.79. The zero-order chi connectivity index (χ0) is 15.1. The summed E-state index contributed by atoms with van der Waals surface area (Å²) in [6, 6.07) is 8.44. The maximum Gasteiger partial charge on any atom is 0.333 e. The molecule has 114 valence electrons. The predicted octanol–water partition coefficient (Wildman–Crippen LogP) is 1.41. The van der Waals surface area contributed by atoms with Gasteiger partial charge in [0, 0.05) is 6.42 Å². The van der Waals surface area contributed by atoms with E-state index in [0.717, 1.165) is 31.5 Å². The van der Waals surface area contributed by atoms with Crippen LogP contribution in [0.25, 0.3) is 0 Å². The molecule has 5 nitrogen and oxygen atoms in total. The third-order valence-electron chi connectivity index (χ3n) is 3.81. The highest BCUT2D eigenvalue weighted by Crippen LogP contribution is 2.18. The lowest BCUT2D eigenvalue weighted by atomic mass is 9.94. The van der Waals surface area contributed by atoms with E-state index in [1.807, 2.05) is 30.3 Å². The molecule has 0 saturated carbocycles. The quantitative estimate of drug-likeness (QED) is 0.805. The fraction of sp³-hybridized carbons (Fsp3) is 0.500. The molecule has 1 amide bonds. The lowest BCUT2D eigenvalue weighted by Crippen LogP contribution is -2.37. The fourth-order valence-corrected chi connectivity index (χ4v) is 2.61. The van der Waals surface area contributed by atoms with Crippen molar-refractivity contribution in [1.29, 1.82) is 0 Å². The first-order chi connectivity index (χ1) is 10.2. The average molecular weight is 290 g/mol. The second kappa shape index (κ2) is 7.78. The van der Waals surface area contributed by atoms with Crippen LogP contribution in [0.2, 0.25) is 0 Å². The van der Waals surface area contributed by atoms with Crippen molar-refractivity contribution in [2.45, 2.75) is 25.3 Å². The molecule has 0 spiro atoms. The van der Waals surface area contributed by atoms with Crippen LogP contribution in [0, 0.1) is 5.92 Å². The van der Waals surface area contributed by atoms with Gasteiger partial charge < -0.3 is 15.4 Å². The largest absolute Gasteiger partial charge is 0.467 e. The van der Waals surface area contributed by atoms with Crippen LogP contribution in [-0.2, 0) is 14.3 Å². The number of hydrogen-bond acceptors (Lipinski definition) is 4. The molecular formula is C16H22N2O3. The zero-order valence-corrected chi connectivity index (χ0v) is 12.3. The van der Waals surface area contributed by atoms with Crippen LogP contribution >= 0.6 is 0 Å². The van der Waals surface area contributed by atoms with Gasteiger partial charge in [0.15, 0.2) is 6.04 Å². The molecule has 1 atom stereocenters. The number of ether oxygens (including phenoxy) is 1. The molecule has 1 aliphatic rings. The number of amides is 1. The number of hydrogen-bond donors (Lipinski definition) is 2.